The number of ether oxygens (including phenoxy) is 1. The van der Waals surface area contributed by atoms with Crippen molar-refractivity contribution in [1.82, 2.24) is 9.97 Å². The Bertz CT molecular complexity index is 902. The minimum atomic E-state index is -0.449. The van der Waals surface area contributed by atoms with Crippen molar-refractivity contribution in [3.8, 4) is 0 Å². The number of aromatic nitrogens is 2. The lowest BCUT2D eigenvalue weighted by Crippen LogP contribution is -2.21. The molecule has 128 valence electrons. The highest BCUT2D eigenvalue weighted by molar-refractivity contribution is 6.01. The molecule has 0 aliphatic carbocycles. The van der Waals surface area contributed by atoms with Gasteiger partial charge in [0, 0.05) is 24.3 Å². The number of nitrogens with zero attached hydrogens (tertiary/aromatic N) is 2. The molecule has 6 nitrogen and oxygen atoms in total. The summed E-state index contributed by atoms with van der Waals surface area (Å²) in [6.07, 6.45) is 4.32. The largest absolute Gasteiger partial charge is 0.377 e. The number of hydrogen-bond acceptors (Lipinski definition) is 4. The summed E-state index contributed by atoms with van der Waals surface area (Å²) in [5.41, 5.74) is 2.29. The van der Waals surface area contributed by atoms with Crippen LogP contribution in [0.3, 0.4) is 0 Å². The normalized spacial score (nSPS) is 12.0. The number of hydrogen-bond donors (Lipinski definition) is 2. The summed E-state index contributed by atoms with van der Waals surface area (Å²) in [4.78, 5) is 20.5. The molecule has 1 atom stereocenters. The summed E-state index contributed by atoms with van der Waals surface area (Å²) >= 11 is 0. The van der Waals surface area contributed by atoms with Crippen molar-refractivity contribution < 1.29 is 13.9 Å². The van der Waals surface area contributed by atoms with Crippen LogP contribution in [0.25, 0.3) is 10.9 Å². The molecule has 2 amide bonds. The van der Waals surface area contributed by atoms with Gasteiger partial charge in [0.2, 0.25) is 0 Å². The molecule has 1 unspecified atom stereocenters. The van der Waals surface area contributed by atoms with E-state index in [0.29, 0.717) is 27.8 Å². The Kier molecular flexibility index (Phi) is 4.85. The molecular weight excluding hydrogens is 323 g/mol. The van der Waals surface area contributed by atoms with Gasteiger partial charge in [0.05, 0.1) is 35.4 Å². The first-order valence-electron chi connectivity index (χ1n) is 7.67. The number of carbonyl (C=O) groups excluding carboxylic acids is 1. The number of anilines is 2. The number of amides is 2. The Labute approximate surface area is 144 Å². The summed E-state index contributed by atoms with van der Waals surface area (Å²) < 4.78 is 19.1. The van der Waals surface area contributed by atoms with E-state index in [1.165, 1.54) is 24.5 Å². The van der Waals surface area contributed by atoms with E-state index >= 15 is 0 Å². The molecule has 2 aromatic heterocycles. The van der Waals surface area contributed by atoms with Gasteiger partial charge in [-0.05, 0) is 37.3 Å². The number of benzene rings is 1. The summed E-state index contributed by atoms with van der Waals surface area (Å²) in [5, 5.41) is 6.01. The number of urea groups is 1. The maximum Gasteiger partial charge on any atom is 0.323 e. The van der Waals surface area contributed by atoms with E-state index in [0.717, 1.165) is 0 Å². The average Bonchev–Trinajstić information content (AvgIpc) is 2.61. The summed E-state index contributed by atoms with van der Waals surface area (Å²) in [5.74, 6) is -0.379. The molecule has 0 radical (unpaired) electrons. The Morgan fingerprint density at radius 2 is 2.08 bits per heavy atom. The fourth-order valence-corrected chi connectivity index (χ4v) is 2.56. The van der Waals surface area contributed by atoms with Crippen LogP contribution in [-0.4, -0.2) is 23.1 Å². The summed E-state index contributed by atoms with van der Waals surface area (Å²) in [6, 6.07) is 7.31. The van der Waals surface area contributed by atoms with E-state index in [-0.39, 0.29) is 11.9 Å². The number of pyridine rings is 2. The number of halogens is 1. The van der Waals surface area contributed by atoms with Gasteiger partial charge < -0.3 is 15.4 Å². The van der Waals surface area contributed by atoms with E-state index in [2.05, 4.69) is 20.6 Å². The Morgan fingerprint density at radius 3 is 2.80 bits per heavy atom. The Morgan fingerprint density at radius 1 is 1.24 bits per heavy atom. The number of nitrogens with one attached hydrogen (secondary N) is 2. The molecule has 1 aromatic carbocycles. The molecule has 0 fully saturated rings. The Balaban J connectivity index is 1.96. The van der Waals surface area contributed by atoms with Crippen molar-refractivity contribution in [2.75, 3.05) is 17.7 Å². The average molecular weight is 340 g/mol. The third kappa shape index (κ3) is 3.72. The van der Waals surface area contributed by atoms with Crippen molar-refractivity contribution >= 4 is 28.3 Å². The van der Waals surface area contributed by atoms with E-state index < -0.39 is 6.03 Å². The van der Waals surface area contributed by atoms with Gasteiger partial charge in [0.25, 0.3) is 0 Å². The minimum absolute atomic E-state index is 0.360. The number of fused-ring (bicyclic) bond motifs is 1. The van der Waals surface area contributed by atoms with Gasteiger partial charge in [0.15, 0.2) is 0 Å². The molecule has 3 rings (SSSR count). The number of rotatable bonds is 4. The lowest BCUT2D eigenvalue weighted by atomic mass is 10.0. The fourth-order valence-electron chi connectivity index (χ4n) is 2.56. The highest BCUT2D eigenvalue weighted by Crippen LogP contribution is 2.32. The van der Waals surface area contributed by atoms with Crippen molar-refractivity contribution in [3.05, 3.63) is 60.3 Å². The summed E-state index contributed by atoms with van der Waals surface area (Å²) in [6.45, 7) is 1.82. The zero-order valence-corrected chi connectivity index (χ0v) is 13.8. The van der Waals surface area contributed by atoms with Gasteiger partial charge in [-0.2, -0.15) is 0 Å². The molecule has 2 heterocycles. The maximum absolute atomic E-state index is 13.7. The zero-order valence-electron chi connectivity index (χ0n) is 13.8. The van der Waals surface area contributed by atoms with E-state index in [1.54, 1.807) is 31.5 Å². The van der Waals surface area contributed by atoms with E-state index in [4.69, 9.17) is 4.74 Å². The molecule has 0 aliphatic rings. The zero-order chi connectivity index (χ0) is 17.8. The van der Waals surface area contributed by atoms with Gasteiger partial charge in [-0.25, -0.2) is 9.18 Å². The second kappa shape index (κ2) is 7.23. The van der Waals surface area contributed by atoms with Gasteiger partial charge in [-0.15, -0.1) is 0 Å². The fraction of sp³-hybridized carbons (Fsp3) is 0.167. The van der Waals surface area contributed by atoms with Crippen LogP contribution in [-0.2, 0) is 4.74 Å². The van der Waals surface area contributed by atoms with Crippen LogP contribution < -0.4 is 10.6 Å². The van der Waals surface area contributed by atoms with Crippen LogP contribution >= 0.6 is 0 Å². The maximum atomic E-state index is 13.7. The molecule has 0 spiro atoms. The predicted octanol–water partition coefficient (Wildman–Crippen LogP) is 4.12. The third-order valence-corrected chi connectivity index (χ3v) is 3.80. The molecule has 2 N–H and O–H groups in total. The molecule has 0 bridgehead atoms. The lowest BCUT2D eigenvalue weighted by Gasteiger charge is -2.18. The first kappa shape index (κ1) is 16.8. The standard InChI is InChI=1S/C18H17FN4O2/c1-11(25-2)17-14-8-12(19)5-6-15(14)21-10-16(17)23-18(24)22-13-4-3-7-20-9-13/h3-11H,1-2H3,(H2,22,23,24). The lowest BCUT2D eigenvalue weighted by molar-refractivity contribution is 0.121. The second-order valence-corrected chi connectivity index (χ2v) is 5.45. The minimum Gasteiger partial charge on any atom is -0.377 e. The summed E-state index contributed by atoms with van der Waals surface area (Å²) in [7, 11) is 1.55. The van der Waals surface area contributed by atoms with Crippen LogP contribution in [0.2, 0.25) is 0 Å². The molecule has 0 saturated heterocycles. The van der Waals surface area contributed by atoms with Gasteiger partial charge >= 0.3 is 6.03 Å². The molecule has 25 heavy (non-hydrogen) atoms. The highest BCUT2D eigenvalue weighted by Gasteiger charge is 2.17. The second-order valence-electron chi connectivity index (χ2n) is 5.45. The Hall–Kier alpha value is -3.06. The first-order valence-corrected chi connectivity index (χ1v) is 7.67. The van der Waals surface area contributed by atoms with Crippen molar-refractivity contribution in [2.24, 2.45) is 0 Å². The SMILES string of the molecule is COC(C)c1c(NC(=O)Nc2cccnc2)cnc2ccc(F)cc12. The van der Waals surface area contributed by atoms with Crippen molar-refractivity contribution in [1.29, 1.82) is 0 Å². The van der Waals surface area contributed by atoms with Gasteiger partial charge in [-0.1, -0.05) is 0 Å². The molecular formula is C18H17FN4O2. The third-order valence-electron chi connectivity index (χ3n) is 3.80. The van der Waals surface area contributed by atoms with Crippen LogP contribution in [0, 0.1) is 5.82 Å². The topological polar surface area (TPSA) is 76.1 Å². The molecule has 0 aliphatic heterocycles. The van der Waals surface area contributed by atoms with Gasteiger partial charge in [-0.3, -0.25) is 9.97 Å². The van der Waals surface area contributed by atoms with Crippen molar-refractivity contribution in [3.63, 3.8) is 0 Å². The molecule has 7 heteroatoms. The van der Waals surface area contributed by atoms with Crippen LogP contribution in [0.1, 0.15) is 18.6 Å². The quantitative estimate of drug-likeness (QED) is 0.749. The monoisotopic (exact) mass is 340 g/mol. The van der Waals surface area contributed by atoms with Gasteiger partial charge in [0.1, 0.15) is 5.82 Å². The van der Waals surface area contributed by atoms with Crippen LogP contribution in [0.5, 0.6) is 0 Å². The highest BCUT2D eigenvalue weighted by atomic mass is 19.1. The van der Waals surface area contributed by atoms with Crippen molar-refractivity contribution in [2.45, 2.75) is 13.0 Å². The number of methoxy groups -OCH3 is 1. The number of carbonyl (C=O) groups is 1. The van der Waals surface area contributed by atoms with Crippen LogP contribution in [0.15, 0.2) is 48.9 Å². The smallest absolute Gasteiger partial charge is 0.323 e. The predicted molar refractivity (Wildman–Crippen MR) is 94.0 cm³/mol. The first-order chi connectivity index (χ1) is 12.1. The molecule has 0 saturated carbocycles. The molecule has 3 aromatic rings. The van der Waals surface area contributed by atoms with Crippen LogP contribution in [0.4, 0.5) is 20.6 Å². The van der Waals surface area contributed by atoms with E-state index in [1.807, 2.05) is 6.92 Å². The van der Waals surface area contributed by atoms with E-state index in [9.17, 15) is 9.18 Å².